The molecule has 1 saturated heterocycles. The van der Waals surface area contributed by atoms with E-state index in [2.05, 4.69) is 41.3 Å². The van der Waals surface area contributed by atoms with Crippen LogP contribution in [-0.4, -0.2) is 57.0 Å². The number of anilines is 1. The lowest BCUT2D eigenvalue weighted by Crippen LogP contribution is -2.50. The molecule has 2 heterocycles. The van der Waals surface area contributed by atoms with E-state index in [0.717, 1.165) is 50.5 Å². The van der Waals surface area contributed by atoms with Gasteiger partial charge in [0.25, 0.3) is 0 Å². The first kappa shape index (κ1) is 20.1. The molecule has 1 aliphatic heterocycles. The minimum absolute atomic E-state index is 0.168. The van der Waals surface area contributed by atoms with Gasteiger partial charge in [0.1, 0.15) is 5.82 Å². The number of piperazine rings is 1. The fourth-order valence-corrected chi connectivity index (χ4v) is 4.85. The molecule has 1 aliphatic carbocycles. The summed E-state index contributed by atoms with van der Waals surface area (Å²) in [6.07, 6.45) is 2.33. The largest absolute Gasteiger partial charge is 0.368 e. The van der Waals surface area contributed by atoms with E-state index in [4.69, 9.17) is 10.1 Å². The third kappa shape index (κ3) is 4.46. The Kier molecular flexibility index (Phi) is 5.68. The Bertz CT molecular complexity index is 1030. The van der Waals surface area contributed by atoms with Gasteiger partial charge in [-0.2, -0.15) is 0 Å². The van der Waals surface area contributed by atoms with Crippen LogP contribution in [0.15, 0.2) is 65.8 Å². The predicted molar refractivity (Wildman–Crippen MR) is 124 cm³/mol. The van der Waals surface area contributed by atoms with Crippen LogP contribution < -0.4 is 4.90 Å². The van der Waals surface area contributed by atoms with Crippen LogP contribution in [-0.2, 0) is 4.79 Å². The first-order valence-electron chi connectivity index (χ1n) is 11.0. The number of amides is 1. The van der Waals surface area contributed by atoms with E-state index < -0.39 is 0 Å². The quantitative estimate of drug-likeness (QED) is 0.551. The van der Waals surface area contributed by atoms with Crippen LogP contribution in [0.2, 0.25) is 0 Å². The van der Waals surface area contributed by atoms with Crippen molar-refractivity contribution in [1.29, 1.82) is 0 Å². The van der Waals surface area contributed by atoms with E-state index in [0.29, 0.717) is 11.1 Å². The van der Waals surface area contributed by atoms with Crippen molar-refractivity contribution in [2.24, 2.45) is 0 Å². The normalized spacial score (nSPS) is 17.6. The van der Waals surface area contributed by atoms with Crippen LogP contribution in [0.5, 0.6) is 0 Å². The molecule has 1 atom stereocenters. The van der Waals surface area contributed by atoms with Gasteiger partial charge in [0.2, 0.25) is 11.1 Å². The molecule has 0 bridgehead atoms. The third-order valence-electron chi connectivity index (χ3n) is 5.90. The first-order chi connectivity index (χ1) is 15.2. The summed E-state index contributed by atoms with van der Waals surface area (Å²) in [5.41, 5.74) is 2.25. The summed E-state index contributed by atoms with van der Waals surface area (Å²) in [5, 5.41) is 5.23. The lowest BCUT2D eigenvalue weighted by Gasteiger charge is -2.37. The molecule has 1 saturated carbocycles. The molecule has 0 spiro atoms. The number of hydrogen-bond donors (Lipinski definition) is 0. The minimum Gasteiger partial charge on any atom is -0.368 e. The molecule has 2 fully saturated rings. The predicted octanol–water partition coefficient (Wildman–Crippen LogP) is 3.97. The van der Waals surface area contributed by atoms with E-state index in [9.17, 15) is 4.79 Å². The third-order valence-corrected chi connectivity index (χ3v) is 6.84. The second-order valence-electron chi connectivity index (χ2n) is 8.18. The zero-order valence-electron chi connectivity index (χ0n) is 17.7. The van der Waals surface area contributed by atoms with Gasteiger partial charge in [0.05, 0.1) is 10.9 Å². The number of benzene rings is 2. The molecule has 31 heavy (non-hydrogen) atoms. The average Bonchev–Trinajstić information content (AvgIpc) is 3.60. The summed E-state index contributed by atoms with van der Waals surface area (Å²) in [4.78, 5) is 22.2. The Morgan fingerprint density at radius 3 is 2.16 bits per heavy atom. The monoisotopic (exact) mass is 433 g/mol. The number of nitrogens with zero attached hydrogens (tertiary/aromatic N) is 5. The zero-order chi connectivity index (χ0) is 21.2. The fourth-order valence-electron chi connectivity index (χ4n) is 4.01. The summed E-state index contributed by atoms with van der Waals surface area (Å²) in [6.45, 7) is 5.19. The SMILES string of the molecule is C[C@@H](Sc1nc(C2CC2)n(-c2ccccc2)n1)C(=O)N1CCN(c2ccccc2)CC1. The van der Waals surface area contributed by atoms with E-state index in [1.807, 2.05) is 40.8 Å². The van der Waals surface area contributed by atoms with Crippen molar-refractivity contribution in [1.82, 2.24) is 19.7 Å². The van der Waals surface area contributed by atoms with Gasteiger partial charge < -0.3 is 9.80 Å². The maximum atomic E-state index is 13.1. The highest BCUT2D eigenvalue weighted by molar-refractivity contribution is 8.00. The zero-order valence-corrected chi connectivity index (χ0v) is 18.5. The number of rotatable bonds is 6. The number of thioether (sulfide) groups is 1. The highest BCUT2D eigenvalue weighted by Gasteiger charge is 2.32. The van der Waals surface area contributed by atoms with Gasteiger partial charge >= 0.3 is 0 Å². The topological polar surface area (TPSA) is 54.3 Å². The molecule has 160 valence electrons. The summed E-state index contributed by atoms with van der Waals surface area (Å²) in [6, 6.07) is 20.5. The highest BCUT2D eigenvalue weighted by atomic mass is 32.2. The Balaban J connectivity index is 1.23. The van der Waals surface area contributed by atoms with Crippen molar-refractivity contribution in [2.45, 2.75) is 36.1 Å². The van der Waals surface area contributed by atoms with Crippen LogP contribution >= 0.6 is 11.8 Å². The lowest BCUT2D eigenvalue weighted by molar-refractivity contribution is -0.130. The molecule has 1 aromatic heterocycles. The van der Waals surface area contributed by atoms with Crippen molar-refractivity contribution in [3.8, 4) is 5.69 Å². The summed E-state index contributed by atoms with van der Waals surface area (Å²) in [7, 11) is 0. The number of hydrogen-bond acceptors (Lipinski definition) is 5. The Hall–Kier alpha value is -2.80. The number of carbonyl (C=O) groups excluding carboxylic acids is 1. The van der Waals surface area contributed by atoms with Crippen molar-refractivity contribution >= 4 is 23.4 Å². The smallest absolute Gasteiger partial charge is 0.236 e. The second-order valence-corrected chi connectivity index (χ2v) is 9.49. The van der Waals surface area contributed by atoms with E-state index in [1.54, 1.807) is 0 Å². The minimum atomic E-state index is -0.207. The first-order valence-corrected chi connectivity index (χ1v) is 11.8. The lowest BCUT2D eigenvalue weighted by atomic mass is 10.2. The van der Waals surface area contributed by atoms with Gasteiger partial charge in [-0.15, -0.1) is 5.10 Å². The molecule has 0 radical (unpaired) electrons. The van der Waals surface area contributed by atoms with Gasteiger partial charge in [0.15, 0.2) is 0 Å². The number of carbonyl (C=O) groups is 1. The number of aromatic nitrogens is 3. The van der Waals surface area contributed by atoms with Gasteiger partial charge in [-0.3, -0.25) is 4.79 Å². The van der Waals surface area contributed by atoms with Gasteiger partial charge in [0, 0.05) is 37.8 Å². The van der Waals surface area contributed by atoms with Crippen molar-refractivity contribution in [2.75, 3.05) is 31.1 Å². The van der Waals surface area contributed by atoms with Crippen LogP contribution in [0.3, 0.4) is 0 Å². The maximum Gasteiger partial charge on any atom is 0.236 e. The van der Waals surface area contributed by atoms with E-state index in [-0.39, 0.29) is 11.2 Å². The summed E-state index contributed by atoms with van der Waals surface area (Å²) < 4.78 is 1.95. The summed E-state index contributed by atoms with van der Waals surface area (Å²) >= 11 is 1.47. The Morgan fingerprint density at radius 2 is 1.55 bits per heavy atom. The molecule has 1 amide bonds. The molecule has 0 unspecified atom stereocenters. The highest BCUT2D eigenvalue weighted by Crippen LogP contribution is 2.40. The molecule has 0 N–H and O–H groups in total. The second kappa shape index (κ2) is 8.75. The van der Waals surface area contributed by atoms with Crippen LogP contribution in [0.1, 0.15) is 31.5 Å². The molecule has 7 heteroatoms. The van der Waals surface area contributed by atoms with Crippen molar-refractivity contribution < 1.29 is 4.79 Å². The van der Waals surface area contributed by atoms with E-state index >= 15 is 0 Å². The van der Waals surface area contributed by atoms with Gasteiger partial charge in [-0.05, 0) is 44.0 Å². The maximum absolute atomic E-state index is 13.1. The van der Waals surface area contributed by atoms with Gasteiger partial charge in [-0.25, -0.2) is 9.67 Å². The van der Waals surface area contributed by atoms with Crippen LogP contribution in [0.25, 0.3) is 5.69 Å². The fraction of sp³-hybridized carbons (Fsp3) is 0.375. The van der Waals surface area contributed by atoms with Crippen molar-refractivity contribution in [3.05, 3.63) is 66.5 Å². The van der Waals surface area contributed by atoms with Crippen LogP contribution in [0, 0.1) is 0 Å². The molecule has 2 aliphatic rings. The molecule has 6 nitrogen and oxygen atoms in total. The molecule has 3 aromatic rings. The molecule has 2 aromatic carbocycles. The molecular weight excluding hydrogens is 406 g/mol. The standard InChI is InChI=1S/C24H27N5OS/c1-18(23(30)28-16-14-27(15-17-28)20-8-4-2-5-9-20)31-24-25-22(19-12-13-19)29(26-24)21-10-6-3-7-11-21/h2-11,18-19H,12-17H2,1H3/t18-/m1/s1. The number of para-hydroxylation sites is 2. The van der Waals surface area contributed by atoms with Crippen LogP contribution in [0.4, 0.5) is 5.69 Å². The van der Waals surface area contributed by atoms with Gasteiger partial charge in [-0.1, -0.05) is 48.2 Å². The average molecular weight is 434 g/mol. The van der Waals surface area contributed by atoms with E-state index in [1.165, 1.54) is 17.4 Å². The molecular formula is C24H27N5OS. The Morgan fingerprint density at radius 1 is 0.935 bits per heavy atom. The summed E-state index contributed by atoms with van der Waals surface area (Å²) in [5.74, 6) is 1.67. The van der Waals surface area contributed by atoms with Crippen molar-refractivity contribution in [3.63, 3.8) is 0 Å². The molecule has 5 rings (SSSR count). The Labute approximate surface area is 187 Å².